The van der Waals surface area contributed by atoms with Crippen molar-refractivity contribution in [2.24, 2.45) is 0 Å². The number of nitrogens with zero attached hydrogens (tertiary/aromatic N) is 3. The van der Waals surface area contributed by atoms with Crippen LogP contribution in [0.4, 0.5) is 19.0 Å². The Labute approximate surface area is 132 Å². The van der Waals surface area contributed by atoms with Crippen molar-refractivity contribution in [1.82, 2.24) is 9.88 Å². The fraction of sp³-hybridized carbons (Fsp3) is 0.600. The van der Waals surface area contributed by atoms with Crippen LogP contribution in [-0.4, -0.2) is 60.9 Å². The fourth-order valence-electron chi connectivity index (χ4n) is 2.86. The number of ether oxygens (including phenoxy) is 1. The average Bonchev–Trinajstić information content (AvgIpc) is 3.08. The highest BCUT2D eigenvalue weighted by Gasteiger charge is 2.43. The molecule has 2 aliphatic rings. The second-order valence-corrected chi connectivity index (χ2v) is 5.75. The van der Waals surface area contributed by atoms with Gasteiger partial charge in [0, 0.05) is 25.8 Å². The molecule has 0 bridgehead atoms. The molecule has 2 saturated heterocycles. The number of aromatic nitrogens is 1. The monoisotopic (exact) mass is 329 g/mol. The van der Waals surface area contributed by atoms with Crippen LogP contribution in [-0.2, 0) is 4.74 Å². The van der Waals surface area contributed by atoms with E-state index in [2.05, 4.69) is 4.98 Å². The molecule has 2 fully saturated rings. The van der Waals surface area contributed by atoms with Gasteiger partial charge in [-0.3, -0.25) is 4.79 Å². The first-order chi connectivity index (χ1) is 10.9. The highest BCUT2D eigenvalue weighted by molar-refractivity contribution is 5.94. The third-order valence-corrected chi connectivity index (χ3v) is 4.14. The Hall–Kier alpha value is -1.83. The van der Waals surface area contributed by atoms with Crippen molar-refractivity contribution in [3.8, 4) is 0 Å². The van der Waals surface area contributed by atoms with E-state index in [0.717, 1.165) is 25.9 Å². The molecule has 0 N–H and O–H groups in total. The number of alkyl halides is 3. The third kappa shape index (κ3) is 3.57. The minimum absolute atomic E-state index is 0.000314. The Morgan fingerprint density at radius 1 is 1.22 bits per heavy atom. The van der Waals surface area contributed by atoms with E-state index in [9.17, 15) is 18.0 Å². The SMILES string of the molecule is O=C(c1ccc(N2CCOC(C(F)(F)F)C2)nc1)N1CCCC1. The van der Waals surface area contributed by atoms with Crippen LogP contribution in [0.3, 0.4) is 0 Å². The van der Waals surface area contributed by atoms with E-state index in [1.165, 1.54) is 11.1 Å². The van der Waals surface area contributed by atoms with E-state index in [0.29, 0.717) is 17.9 Å². The van der Waals surface area contributed by atoms with Crippen molar-refractivity contribution < 1.29 is 22.7 Å². The number of hydrogen-bond donors (Lipinski definition) is 0. The Kier molecular flexibility index (Phi) is 4.43. The molecule has 8 heteroatoms. The van der Waals surface area contributed by atoms with Gasteiger partial charge in [0.25, 0.3) is 5.91 Å². The Morgan fingerprint density at radius 2 is 1.96 bits per heavy atom. The maximum Gasteiger partial charge on any atom is 0.416 e. The Bertz CT molecular complexity index is 556. The smallest absolute Gasteiger partial charge is 0.365 e. The van der Waals surface area contributed by atoms with Gasteiger partial charge >= 0.3 is 6.18 Å². The van der Waals surface area contributed by atoms with Gasteiger partial charge in [-0.1, -0.05) is 0 Å². The second kappa shape index (κ2) is 6.35. The Balaban J connectivity index is 1.68. The number of anilines is 1. The summed E-state index contributed by atoms with van der Waals surface area (Å²) in [5, 5.41) is 0. The molecule has 2 aliphatic heterocycles. The van der Waals surface area contributed by atoms with Gasteiger partial charge in [0.2, 0.25) is 0 Å². The molecule has 0 spiro atoms. The van der Waals surface area contributed by atoms with Gasteiger partial charge in [-0.2, -0.15) is 13.2 Å². The normalized spacial score (nSPS) is 22.5. The fourth-order valence-corrected chi connectivity index (χ4v) is 2.86. The summed E-state index contributed by atoms with van der Waals surface area (Å²) in [7, 11) is 0. The number of likely N-dealkylation sites (tertiary alicyclic amines) is 1. The van der Waals surface area contributed by atoms with E-state index in [4.69, 9.17) is 4.74 Å². The topological polar surface area (TPSA) is 45.7 Å². The number of hydrogen-bond acceptors (Lipinski definition) is 4. The van der Waals surface area contributed by atoms with Crippen molar-refractivity contribution in [3.63, 3.8) is 0 Å². The zero-order chi connectivity index (χ0) is 16.4. The summed E-state index contributed by atoms with van der Waals surface area (Å²) in [6.45, 7) is 1.56. The number of rotatable bonds is 2. The predicted octanol–water partition coefficient (Wildman–Crippen LogP) is 2.09. The molecule has 3 rings (SSSR count). The lowest BCUT2D eigenvalue weighted by Gasteiger charge is -2.34. The lowest BCUT2D eigenvalue weighted by molar-refractivity contribution is -0.221. The molecule has 126 valence electrons. The number of carbonyl (C=O) groups excluding carboxylic acids is 1. The first-order valence-corrected chi connectivity index (χ1v) is 7.64. The molecule has 3 heterocycles. The van der Waals surface area contributed by atoms with Crippen LogP contribution in [0.2, 0.25) is 0 Å². The molecule has 0 radical (unpaired) electrons. The van der Waals surface area contributed by atoms with Crippen LogP contribution >= 0.6 is 0 Å². The molecule has 1 aromatic heterocycles. The van der Waals surface area contributed by atoms with Crippen molar-refractivity contribution >= 4 is 11.7 Å². The summed E-state index contributed by atoms with van der Waals surface area (Å²) in [6.07, 6.45) is -2.74. The van der Waals surface area contributed by atoms with Crippen molar-refractivity contribution in [3.05, 3.63) is 23.9 Å². The van der Waals surface area contributed by atoms with Crippen LogP contribution in [0.5, 0.6) is 0 Å². The maximum atomic E-state index is 12.8. The molecule has 0 saturated carbocycles. The highest BCUT2D eigenvalue weighted by atomic mass is 19.4. The average molecular weight is 329 g/mol. The number of amides is 1. The van der Waals surface area contributed by atoms with Crippen LogP contribution in [0, 0.1) is 0 Å². The van der Waals surface area contributed by atoms with Crippen molar-refractivity contribution in [2.45, 2.75) is 25.1 Å². The highest BCUT2D eigenvalue weighted by Crippen LogP contribution is 2.27. The molecule has 5 nitrogen and oxygen atoms in total. The van der Waals surface area contributed by atoms with Gasteiger partial charge in [-0.05, 0) is 25.0 Å². The van der Waals surface area contributed by atoms with Gasteiger partial charge in [0.15, 0.2) is 6.10 Å². The van der Waals surface area contributed by atoms with Crippen LogP contribution < -0.4 is 4.90 Å². The summed E-state index contributed by atoms with van der Waals surface area (Å²) in [4.78, 5) is 19.7. The first kappa shape index (κ1) is 16.0. The summed E-state index contributed by atoms with van der Waals surface area (Å²) < 4.78 is 43.0. The lowest BCUT2D eigenvalue weighted by Crippen LogP contribution is -2.49. The minimum Gasteiger partial charge on any atom is -0.365 e. The van der Waals surface area contributed by atoms with Gasteiger partial charge in [0.05, 0.1) is 18.7 Å². The molecule has 0 aliphatic carbocycles. The molecule has 23 heavy (non-hydrogen) atoms. The van der Waals surface area contributed by atoms with E-state index in [1.54, 1.807) is 17.0 Å². The standard InChI is InChI=1S/C15H18F3N3O2/c16-15(17,18)12-10-21(7-8-23-12)13-4-3-11(9-19-13)14(22)20-5-1-2-6-20/h3-4,9,12H,1-2,5-8,10H2. The molecular formula is C15H18F3N3O2. The third-order valence-electron chi connectivity index (χ3n) is 4.14. The van der Waals surface area contributed by atoms with E-state index in [-0.39, 0.29) is 19.1 Å². The summed E-state index contributed by atoms with van der Waals surface area (Å²) in [5.74, 6) is 0.359. The predicted molar refractivity (Wildman–Crippen MR) is 77.4 cm³/mol. The van der Waals surface area contributed by atoms with E-state index in [1.807, 2.05) is 0 Å². The number of carbonyl (C=O) groups is 1. The van der Waals surface area contributed by atoms with E-state index < -0.39 is 12.3 Å². The molecule has 1 aromatic rings. The Morgan fingerprint density at radius 3 is 2.57 bits per heavy atom. The zero-order valence-corrected chi connectivity index (χ0v) is 12.6. The first-order valence-electron chi connectivity index (χ1n) is 7.64. The molecular weight excluding hydrogens is 311 g/mol. The minimum atomic E-state index is -4.38. The molecule has 1 unspecified atom stereocenters. The van der Waals surface area contributed by atoms with Gasteiger partial charge in [0.1, 0.15) is 5.82 Å². The largest absolute Gasteiger partial charge is 0.416 e. The van der Waals surface area contributed by atoms with Gasteiger partial charge < -0.3 is 14.5 Å². The summed E-state index contributed by atoms with van der Waals surface area (Å²) in [5.41, 5.74) is 0.469. The van der Waals surface area contributed by atoms with Crippen molar-refractivity contribution in [2.75, 3.05) is 37.7 Å². The summed E-state index contributed by atoms with van der Waals surface area (Å²) in [6, 6.07) is 3.23. The second-order valence-electron chi connectivity index (χ2n) is 5.75. The maximum absolute atomic E-state index is 12.8. The number of pyridine rings is 1. The number of morpholine rings is 1. The zero-order valence-electron chi connectivity index (χ0n) is 12.6. The van der Waals surface area contributed by atoms with Crippen LogP contribution in [0.1, 0.15) is 23.2 Å². The van der Waals surface area contributed by atoms with Gasteiger partial charge in [-0.25, -0.2) is 4.98 Å². The quantitative estimate of drug-likeness (QED) is 0.833. The van der Waals surface area contributed by atoms with Crippen LogP contribution in [0.25, 0.3) is 0 Å². The summed E-state index contributed by atoms with van der Waals surface area (Å²) >= 11 is 0. The molecule has 1 atom stereocenters. The number of halogens is 3. The van der Waals surface area contributed by atoms with Crippen molar-refractivity contribution in [1.29, 1.82) is 0 Å². The van der Waals surface area contributed by atoms with Gasteiger partial charge in [-0.15, -0.1) is 0 Å². The molecule has 1 amide bonds. The van der Waals surface area contributed by atoms with E-state index >= 15 is 0 Å². The van der Waals surface area contributed by atoms with Crippen LogP contribution in [0.15, 0.2) is 18.3 Å². The lowest BCUT2D eigenvalue weighted by atomic mass is 10.2. The molecule has 0 aromatic carbocycles.